The average molecular weight is 238 g/mol. The van der Waals surface area contributed by atoms with Gasteiger partial charge < -0.3 is 4.74 Å². The highest BCUT2D eigenvalue weighted by atomic mass is 31.0. The van der Waals surface area contributed by atoms with E-state index in [0.717, 1.165) is 12.8 Å². The van der Waals surface area contributed by atoms with Crippen LogP contribution in [-0.2, 0) is 16.0 Å². The molecule has 1 aromatic rings. The zero-order chi connectivity index (χ0) is 11.6. The van der Waals surface area contributed by atoms with Gasteiger partial charge in [-0.25, -0.2) is 0 Å². The summed E-state index contributed by atoms with van der Waals surface area (Å²) in [7, 11) is 2.50. The van der Waals surface area contributed by atoms with Crippen LogP contribution in [0.15, 0.2) is 30.3 Å². The van der Waals surface area contributed by atoms with Crippen molar-refractivity contribution in [3.05, 3.63) is 35.9 Å². The largest absolute Gasteiger partial charge is 0.378 e. The highest BCUT2D eigenvalue weighted by Crippen LogP contribution is 2.05. The summed E-state index contributed by atoms with van der Waals surface area (Å²) in [5.41, 5.74) is 1.23. The highest BCUT2D eigenvalue weighted by Gasteiger charge is 2.02. The van der Waals surface area contributed by atoms with E-state index in [1.54, 1.807) is 0 Å². The normalized spacial score (nSPS) is 10.3. The number of aryl methyl sites for hydroxylation is 1. The molecule has 0 N–H and O–H groups in total. The first-order chi connectivity index (χ1) is 7.83. The van der Waals surface area contributed by atoms with E-state index in [1.165, 1.54) is 5.56 Å². The molecule has 0 saturated carbocycles. The maximum Gasteiger partial charge on any atom is 0.133 e. The summed E-state index contributed by atoms with van der Waals surface area (Å²) >= 11 is 0. The number of hydrogen-bond donors (Lipinski definition) is 0. The molecule has 0 bridgehead atoms. The SMILES string of the molecule is O=C(CCCOCP)CCc1ccccc1. The summed E-state index contributed by atoms with van der Waals surface area (Å²) in [4.78, 5) is 11.5. The Labute approximate surface area is 99.6 Å². The third-order valence-corrected chi connectivity index (χ3v) is 2.63. The first-order valence-electron chi connectivity index (χ1n) is 5.66. The van der Waals surface area contributed by atoms with Gasteiger partial charge >= 0.3 is 0 Å². The van der Waals surface area contributed by atoms with Gasteiger partial charge in [0, 0.05) is 19.4 Å². The molecule has 1 unspecified atom stereocenters. The minimum Gasteiger partial charge on any atom is -0.378 e. The number of Topliss-reactive ketones (excluding diaryl/α,β-unsaturated/α-hetero) is 1. The molecule has 3 heteroatoms. The highest BCUT2D eigenvalue weighted by molar-refractivity contribution is 7.16. The van der Waals surface area contributed by atoms with Gasteiger partial charge in [0.25, 0.3) is 0 Å². The number of carbonyl (C=O) groups is 1. The van der Waals surface area contributed by atoms with Gasteiger partial charge in [-0.1, -0.05) is 30.3 Å². The molecule has 16 heavy (non-hydrogen) atoms. The van der Waals surface area contributed by atoms with Crippen LogP contribution in [0.3, 0.4) is 0 Å². The third-order valence-electron chi connectivity index (χ3n) is 2.40. The Morgan fingerprint density at radius 2 is 1.94 bits per heavy atom. The minimum absolute atomic E-state index is 0.330. The van der Waals surface area contributed by atoms with E-state index < -0.39 is 0 Å². The van der Waals surface area contributed by atoms with Crippen molar-refractivity contribution in [1.29, 1.82) is 0 Å². The Morgan fingerprint density at radius 3 is 2.62 bits per heavy atom. The molecule has 0 aliphatic rings. The predicted molar refractivity (Wildman–Crippen MR) is 69.5 cm³/mol. The van der Waals surface area contributed by atoms with Crippen molar-refractivity contribution in [2.24, 2.45) is 0 Å². The smallest absolute Gasteiger partial charge is 0.133 e. The quantitative estimate of drug-likeness (QED) is 0.514. The molecule has 0 aliphatic heterocycles. The van der Waals surface area contributed by atoms with Crippen LogP contribution < -0.4 is 0 Å². The fraction of sp³-hybridized carbons (Fsp3) is 0.462. The maximum absolute atomic E-state index is 11.5. The molecule has 0 saturated heterocycles. The van der Waals surface area contributed by atoms with Gasteiger partial charge in [0.2, 0.25) is 0 Å². The van der Waals surface area contributed by atoms with Crippen LogP contribution in [0.25, 0.3) is 0 Å². The van der Waals surface area contributed by atoms with E-state index >= 15 is 0 Å². The predicted octanol–water partition coefficient (Wildman–Crippen LogP) is 2.82. The van der Waals surface area contributed by atoms with Crippen molar-refractivity contribution in [1.82, 2.24) is 0 Å². The van der Waals surface area contributed by atoms with Gasteiger partial charge in [-0.05, 0) is 18.4 Å². The molecule has 1 aromatic carbocycles. The molecular weight excluding hydrogens is 219 g/mol. The van der Waals surface area contributed by atoms with Crippen LogP contribution in [0.5, 0.6) is 0 Å². The van der Waals surface area contributed by atoms with Crippen LogP contribution in [-0.4, -0.2) is 18.7 Å². The molecule has 0 spiro atoms. The summed E-state index contributed by atoms with van der Waals surface area (Å²) < 4.78 is 5.16. The average Bonchev–Trinajstić information content (AvgIpc) is 2.33. The number of carbonyl (C=O) groups excluding carboxylic acids is 1. The Morgan fingerprint density at radius 1 is 1.19 bits per heavy atom. The summed E-state index contributed by atoms with van der Waals surface area (Å²) in [6, 6.07) is 10.1. The van der Waals surface area contributed by atoms with Crippen LogP contribution in [0, 0.1) is 0 Å². The van der Waals surface area contributed by atoms with Gasteiger partial charge in [0.15, 0.2) is 0 Å². The van der Waals surface area contributed by atoms with E-state index in [-0.39, 0.29) is 0 Å². The van der Waals surface area contributed by atoms with E-state index in [9.17, 15) is 4.79 Å². The number of hydrogen-bond acceptors (Lipinski definition) is 2. The zero-order valence-corrected chi connectivity index (χ0v) is 10.7. The van der Waals surface area contributed by atoms with E-state index in [0.29, 0.717) is 31.6 Å². The topological polar surface area (TPSA) is 26.3 Å². The second kappa shape index (κ2) is 8.43. The molecule has 0 radical (unpaired) electrons. The lowest BCUT2D eigenvalue weighted by molar-refractivity contribution is -0.119. The van der Waals surface area contributed by atoms with Gasteiger partial charge in [-0.3, -0.25) is 4.79 Å². The van der Waals surface area contributed by atoms with Crippen molar-refractivity contribution < 1.29 is 9.53 Å². The minimum atomic E-state index is 0.330. The standard InChI is InChI=1S/C13H19O2P/c14-13(7-4-10-15-11-16)9-8-12-5-2-1-3-6-12/h1-3,5-6H,4,7-11,16H2. The first kappa shape index (κ1) is 13.3. The Kier molecular flexibility index (Phi) is 7.03. The molecule has 88 valence electrons. The number of benzene rings is 1. The molecule has 2 nitrogen and oxygen atoms in total. The van der Waals surface area contributed by atoms with E-state index in [1.807, 2.05) is 18.2 Å². The van der Waals surface area contributed by atoms with Gasteiger partial charge in [-0.15, -0.1) is 9.24 Å². The molecule has 0 amide bonds. The fourth-order valence-electron chi connectivity index (χ4n) is 1.51. The lowest BCUT2D eigenvalue weighted by atomic mass is 10.1. The summed E-state index contributed by atoms with van der Waals surface area (Å²) in [5, 5.41) is 0. The molecule has 1 rings (SSSR count). The van der Waals surface area contributed by atoms with Crippen LogP contribution in [0.2, 0.25) is 0 Å². The van der Waals surface area contributed by atoms with Crippen molar-refractivity contribution in [3.63, 3.8) is 0 Å². The van der Waals surface area contributed by atoms with Crippen molar-refractivity contribution in [2.75, 3.05) is 13.0 Å². The van der Waals surface area contributed by atoms with E-state index in [4.69, 9.17) is 4.74 Å². The molecule has 0 heterocycles. The third kappa shape index (κ3) is 5.99. The Hall–Kier alpha value is -0.720. The summed E-state index contributed by atoms with van der Waals surface area (Å²) in [6.07, 6.45) is 3.62. The van der Waals surface area contributed by atoms with Crippen LogP contribution in [0.1, 0.15) is 24.8 Å². The van der Waals surface area contributed by atoms with E-state index in [2.05, 4.69) is 21.4 Å². The lowest BCUT2D eigenvalue weighted by Crippen LogP contribution is -2.02. The number of ketones is 1. The molecular formula is C13H19O2P. The lowest BCUT2D eigenvalue weighted by Gasteiger charge is -2.02. The van der Waals surface area contributed by atoms with Crippen LogP contribution in [0.4, 0.5) is 0 Å². The Bertz CT molecular complexity index is 298. The summed E-state index contributed by atoms with van der Waals surface area (Å²) in [6.45, 7) is 0.681. The molecule has 0 aliphatic carbocycles. The monoisotopic (exact) mass is 238 g/mol. The molecule has 0 fully saturated rings. The van der Waals surface area contributed by atoms with Gasteiger partial charge in [-0.2, -0.15) is 0 Å². The van der Waals surface area contributed by atoms with Crippen molar-refractivity contribution in [3.8, 4) is 0 Å². The second-order valence-electron chi connectivity index (χ2n) is 3.70. The maximum atomic E-state index is 11.5. The second-order valence-corrected chi connectivity index (χ2v) is 4.04. The van der Waals surface area contributed by atoms with Crippen molar-refractivity contribution in [2.45, 2.75) is 25.7 Å². The number of ether oxygens (including phenoxy) is 1. The Balaban J connectivity index is 2.11. The van der Waals surface area contributed by atoms with Gasteiger partial charge in [0.1, 0.15) is 5.78 Å². The number of rotatable bonds is 8. The van der Waals surface area contributed by atoms with Gasteiger partial charge in [0.05, 0.1) is 6.35 Å². The molecule has 0 aromatic heterocycles. The first-order valence-corrected chi connectivity index (χ1v) is 6.48. The fourth-order valence-corrected chi connectivity index (χ4v) is 1.67. The van der Waals surface area contributed by atoms with Crippen molar-refractivity contribution >= 4 is 15.0 Å². The molecule has 1 atom stereocenters. The zero-order valence-electron chi connectivity index (χ0n) is 9.52. The summed E-state index contributed by atoms with van der Waals surface area (Å²) in [5.74, 6) is 0.330. The van der Waals surface area contributed by atoms with Crippen LogP contribution >= 0.6 is 9.24 Å².